The maximum absolute atomic E-state index is 6.96. The van der Waals surface area contributed by atoms with Gasteiger partial charge in [0, 0.05) is 6.54 Å². The molecule has 1 unspecified atom stereocenters. The average Bonchev–Trinajstić information content (AvgIpc) is 3.33. The standard InChI is InChI=1S/C23H28NO2P/c1-4-11-19(12-5-1)23(20-13-6-2-7-14-20)22-17-10-18-24(22)27(26-23)25-21-15-8-3-9-16-21/h1-2,4-7,11-14,21-22H,3,8-10,15-18H2/t22-,27?/m0/s1. The van der Waals surface area contributed by atoms with Crippen molar-refractivity contribution < 1.29 is 9.05 Å². The summed E-state index contributed by atoms with van der Waals surface area (Å²) >= 11 is 0. The Hall–Kier alpha value is -1.25. The molecule has 0 spiro atoms. The molecule has 0 N–H and O–H groups in total. The summed E-state index contributed by atoms with van der Waals surface area (Å²) in [4.78, 5) is 0. The molecular weight excluding hydrogens is 353 g/mol. The Kier molecular flexibility index (Phi) is 5.04. The maximum Gasteiger partial charge on any atom is 0.260 e. The molecule has 3 fully saturated rings. The van der Waals surface area contributed by atoms with Gasteiger partial charge in [0.15, 0.2) is 0 Å². The van der Waals surface area contributed by atoms with Gasteiger partial charge >= 0.3 is 0 Å². The minimum atomic E-state index is -1.01. The maximum atomic E-state index is 6.96. The highest BCUT2D eigenvalue weighted by Crippen LogP contribution is 2.65. The lowest BCUT2D eigenvalue weighted by molar-refractivity contribution is 0.0858. The molecule has 2 aliphatic heterocycles. The zero-order valence-corrected chi connectivity index (χ0v) is 16.7. The van der Waals surface area contributed by atoms with Crippen LogP contribution in [0.15, 0.2) is 60.7 Å². The lowest BCUT2D eigenvalue weighted by Gasteiger charge is -2.34. The predicted molar refractivity (Wildman–Crippen MR) is 109 cm³/mol. The molecular formula is C23H28NO2P. The third-order valence-corrected chi connectivity index (χ3v) is 8.14. The van der Waals surface area contributed by atoms with E-state index in [-0.39, 0.29) is 0 Å². The van der Waals surface area contributed by atoms with Crippen LogP contribution in [-0.4, -0.2) is 23.4 Å². The topological polar surface area (TPSA) is 21.7 Å². The van der Waals surface area contributed by atoms with Crippen LogP contribution in [0.4, 0.5) is 0 Å². The number of rotatable bonds is 4. The summed E-state index contributed by atoms with van der Waals surface area (Å²) in [6, 6.07) is 22.0. The van der Waals surface area contributed by atoms with Crippen LogP contribution in [0.2, 0.25) is 0 Å². The van der Waals surface area contributed by atoms with Gasteiger partial charge in [-0.05, 0) is 36.8 Å². The highest BCUT2D eigenvalue weighted by molar-refractivity contribution is 7.45. The fourth-order valence-corrected chi connectivity index (χ4v) is 7.13. The van der Waals surface area contributed by atoms with Crippen molar-refractivity contribution in [2.45, 2.75) is 62.7 Å². The quantitative estimate of drug-likeness (QED) is 0.606. The van der Waals surface area contributed by atoms with E-state index in [0.29, 0.717) is 12.1 Å². The second kappa shape index (κ2) is 7.64. The van der Waals surface area contributed by atoms with Gasteiger partial charge in [0.25, 0.3) is 8.53 Å². The molecule has 2 heterocycles. The average molecular weight is 381 g/mol. The smallest absolute Gasteiger partial charge is 0.260 e. The first kappa shape index (κ1) is 17.8. The van der Waals surface area contributed by atoms with Crippen molar-refractivity contribution in [3.63, 3.8) is 0 Å². The molecule has 0 radical (unpaired) electrons. The number of hydrogen-bond donors (Lipinski definition) is 0. The summed E-state index contributed by atoms with van der Waals surface area (Å²) < 4.78 is 16.1. The summed E-state index contributed by atoms with van der Waals surface area (Å²) in [6.45, 7) is 1.09. The number of benzene rings is 2. The molecule has 1 aliphatic carbocycles. The molecule has 2 atom stereocenters. The molecule has 3 aliphatic rings. The van der Waals surface area contributed by atoms with Gasteiger partial charge in [0.2, 0.25) is 0 Å². The van der Waals surface area contributed by atoms with Crippen molar-refractivity contribution in [2.24, 2.45) is 0 Å². The van der Waals surface area contributed by atoms with Gasteiger partial charge < -0.3 is 9.05 Å². The molecule has 5 rings (SSSR count). The Balaban J connectivity index is 1.54. The van der Waals surface area contributed by atoms with Crippen molar-refractivity contribution >= 4 is 8.53 Å². The summed E-state index contributed by atoms with van der Waals surface area (Å²) in [7, 11) is -1.01. The molecule has 4 heteroatoms. The second-order valence-electron chi connectivity index (χ2n) is 7.98. The van der Waals surface area contributed by atoms with Crippen LogP contribution in [0.5, 0.6) is 0 Å². The van der Waals surface area contributed by atoms with Crippen molar-refractivity contribution in [1.29, 1.82) is 0 Å². The van der Waals surface area contributed by atoms with Gasteiger partial charge in [-0.2, -0.15) is 0 Å². The number of hydrogen-bond acceptors (Lipinski definition) is 3. The molecule has 27 heavy (non-hydrogen) atoms. The van der Waals surface area contributed by atoms with E-state index in [4.69, 9.17) is 9.05 Å². The Morgan fingerprint density at radius 1 is 0.815 bits per heavy atom. The van der Waals surface area contributed by atoms with Crippen molar-refractivity contribution in [1.82, 2.24) is 4.67 Å². The van der Waals surface area contributed by atoms with Crippen molar-refractivity contribution in [3.8, 4) is 0 Å². The third kappa shape index (κ3) is 3.15. The van der Waals surface area contributed by atoms with E-state index in [9.17, 15) is 0 Å². The van der Waals surface area contributed by atoms with E-state index in [1.165, 1.54) is 49.7 Å². The first-order valence-electron chi connectivity index (χ1n) is 10.4. The third-order valence-electron chi connectivity index (χ3n) is 6.32. The van der Waals surface area contributed by atoms with E-state index in [1.54, 1.807) is 0 Å². The van der Waals surface area contributed by atoms with Crippen LogP contribution in [0.25, 0.3) is 0 Å². The monoisotopic (exact) mass is 381 g/mol. The summed E-state index contributed by atoms with van der Waals surface area (Å²) in [5, 5.41) is 0. The highest BCUT2D eigenvalue weighted by Gasteiger charge is 2.58. The molecule has 0 amide bonds. The van der Waals surface area contributed by atoms with E-state index in [2.05, 4.69) is 65.3 Å². The van der Waals surface area contributed by atoms with Gasteiger partial charge in [-0.25, -0.2) is 4.67 Å². The summed E-state index contributed by atoms with van der Waals surface area (Å²) in [5.41, 5.74) is 2.09. The van der Waals surface area contributed by atoms with E-state index >= 15 is 0 Å². The Morgan fingerprint density at radius 3 is 2.07 bits per heavy atom. The molecule has 2 saturated heterocycles. The summed E-state index contributed by atoms with van der Waals surface area (Å²) in [6.07, 6.45) is 9.06. The zero-order valence-electron chi connectivity index (χ0n) is 15.8. The molecule has 0 aromatic heterocycles. The Morgan fingerprint density at radius 2 is 1.44 bits per heavy atom. The Bertz CT molecular complexity index is 708. The lowest BCUT2D eigenvalue weighted by Crippen LogP contribution is -2.40. The van der Waals surface area contributed by atoms with Crippen LogP contribution in [-0.2, 0) is 14.6 Å². The first-order chi connectivity index (χ1) is 13.4. The minimum absolute atomic E-state index is 0.358. The fraction of sp³-hybridized carbons (Fsp3) is 0.478. The van der Waals surface area contributed by atoms with Crippen LogP contribution < -0.4 is 0 Å². The molecule has 0 bridgehead atoms. The molecule has 2 aromatic carbocycles. The van der Waals surface area contributed by atoms with Crippen molar-refractivity contribution in [2.75, 3.05) is 6.54 Å². The highest BCUT2D eigenvalue weighted by atomic mass is 31.2. The van der Waals surface area contributed by atoms with Crippen LogP contribution in [0, 0.1) is 0 Å². The van der Waals surface area contributed by atoms with Gasteiger partial charge in [-0.15, -0.1) is 0 Å². The Labute approximate surface area is 163 Å². The molecule has 2 aromatic rings. The van der Waals surface area contributed by atoms with Crippen LogP contribution in [0.1, 0.15) is 56.1 Å². The van der Waals surface area contributed by atoms with Gasteiger partial charge in [0.05, 0.1) is 12.1 Å². The van der Waals surface area contributed by atoms with Crippen LogP contribution in [0.3, 0.4) is 0 Å². The predicted octanol–water partition coefficient (Wildman–Crippen LogP) is 6.00. The van der Waals surface area contributed by atoms with Gasteiger partial charge in [-0.3, -0.25) is 0 Å². The largest absolute Gasteiger partial charge is 0.319 e. The SMILES string of the molecule is c1ccc(C2(c3ccccc3)OP(OC3CCCCC3)N3CCC[C@H]32)cc1. The van der Waals surface area contributed by atoms with Crippen molar-refractivity contribution in [3.05, 3.63) is 71.8 Å². The van der Waals surface area contributed by atoms with Gasteiger partial charge in [-0.1, -0.05) is 79.9 Å². The second-order valence-corrected chi connectivity index (χ2v) is 9.37. The first-order valence-corrected chi connectivity index (χ1v) is 11.5. The molecule has 1 saturated carbocycles. The lowest BCUT2D eigenvalue weighted by atomic mass is 9.79. The zero-order chi connectivity index (χ0) is 18.1. The van der Waals surface area contributed by atoms with Gasteiger partial charge in [0.1, 0.15) is 5.60 Å². The number of nitrogens with zero attached hydrogens (tertiary/aromatic N) is 1. The van der Waals surface area contributed by atoms with E-state index < -0.39 is 14.1 Å². The van der Waals surface area contributed by atoms with E-state index in [0.717, 1.165) is 13.0 Å². The fourth-order valence-electron chi connectivity index (χ4n) is 5.01. The molecule has 142 valence electrons. The number of fused-ring (bicyclic) bond motifs is 1. The minimum Gasteiger partial charge on any atom is -0.319 e. The van der Waals surface area contributed by atoms with Crippen LogP contribution >= 0.6 is 8.53 Å². The van der Waals surface area contributed by atoms with E-state index in [1.807, 2.05) is 0 Å². The molecule has 3 nitrogen and oxygen atoms in total. The summed E-state index contributed by atoms with van der Waals surface area (Å²) in [5.74, 6) is 0. The normalized spacial score (nSPS) is 28.3.